The summed E-state index contributed by atoms with van der Waals surface area (Å²) in [4.78, 5) is 9.52. The number of H-pyrrole nitrogens is 1. The molecule has 3 aliphatic rings. The lowest BCUT2D eigenvalue weighted by Gasteiger charge is -2.49. The molecule has 186 valence electrons. The smallest absolute Gasteiger partial charge is 0.147 e. The van der Waals surface area contributed by atoms with Gasteiger partial charge >= 0.3 is 0 Å². The summed E-state index contributed by atoms with van der Waals surface area (Å²) in [7, 11) is 0. The van der Waals surface area contributed by atoms with Crippen LogP contribution in [-0.2, 0) is 12.8 Å². The molecule has 2 saturated heterocycles. The molecule has 2 aliphatic heterocycles. The number of benzene rings is 1. The van der Waals surface area contributed by atoms with E-state index in [-0.39, 0.29) is 10.8 Å². The van der Waals surface area contributed by atoms with E-state index in [2.05, 4.69) is 41.6 Å². The molecule has 4 heterocycles. The van der Waals surface area contributed by atoms with E-state index < -0.39 is 6.23 Å². The van der Waals surface area contributed by atoms with Crippen molar-refractivity contribution in [2.45, 2.75) is 45.8 Å². The number of aromatic nitrogens is 3. The number of fused-ring (bicyclic) bond motifs is 2. The standard InChI is InChI=1S/C28H31ClN6O/c1-4-23(36)35-15-28(16-35)9-10-34(14-28)26-18(12-30)24(17-7-8-27(2,3)11-22(17)32-26)25-19-13-31-33-21(19)6-5-20(25)29/h4-6,13,23,36H,1,7-11,14-16H2,2-3H3,(H,31,33). The van der Waals surface area contributed by atoms with E-state index in [1.807, 2.05) is 17.0 Å². The quantitative estimate of drug-likeness (QED) is 0.503. The maximum absolute atomic E-state index is 10.6. The van der Waals surface area contributed by atoms with Crippen molar-refractivity contribution in [1.82, 2.24) is 20.1 Å². The first-order valence-corrected chi connectivity index (χ1v) is 13.0. The zero-order chi connectivity index (χ0) is 25.2. The number of halogens is 1. The number of hydrogen-bond acceptors (Lipinski definition) is 6. The SMILES string of the molecule is C=CC(O)N1CC2(CCN(c3nc4c(c(-c5c(Cl)ccc6[nH]ncc56)c3C#N)CCC(C)(C)C4)C2)C1. The van der Waals surface area contributed by atoms with Crippen LogP contribution in [0.5, 0.6) is 0 Å². The van der Waals surface area contributed by atoms with Crippen LogP contribution < -0.4 is 4.90 Å². The summed E-state index contributed by atoms with van der Waals surface area (Å²) >= 11 is 6.85. The summed E-state index contributed by atoms with van der Waals surface area (Å²) in [5, 5.41) is 29.6. The summed E-state index contributed by atoms with van der Waals surface area (Å²) in [5.74, 6) is 0.764. The van der Waals surface area contributed by atoms with Crippen LogP contribution in [0.2, 0.25) is 5.02 Å². The Morgan fingerprint density at radius 1 is 1.25 bits per heavy atom. The van der Waals surface area contributed by atoms with Crippen molar-refractivity contribution in [2.24, 2.45) is 10.8 Å². The Hall–Kier alpha value is -2.92. The minimum atomic E-state index is -0.604. The molecule has 1 aromatic carbocycles. The molecule has 0 amide bonds. The van der Waals surface area contributed by atoms with Gasteiger partial charge in [-0.15, -0.1) is 0 Å². The number of hydrogen-bond donors (Lipinski definition) is 2. The number of nitrogens with zero attached hydrogens (tertiary/aromatic N) is 5. The largest absolute Gasteiger partial charge is 0.375 e. The third kappa shape index (κ3) is 3.62. The van der Waals surface area contributed by atoms with Gasteiger partial charge in [0.15, 0.2) is 0 Å². The Morgan fingerprint density at radius 3 is 2.81 bits per heavy atom. The van der Waals surface area contributed by atoms with Gasteiger partial charge in [-0.05, 0) is 54.9 Å². The van der Waals surface area contributed by atoms with Gasteiger partial charge in [-0.2, -0.15) is 10.4 Å². The highest BCUT2D eigenvalue weighted by Gasteiger charge is 2.49. The maximum Gasteiger partial charge on any atom is 0.147 e. The number of anilines is 1. The average Bonchev–Trinajstić information content (AvgIpc) is 3.48. The van der Waals surface area contributed by atoms with E-state index in [1.165, 1.54) is 0 Å². The van der Waals surface area contributed by atoms with Crippen molar-refractivity contribution in [3.8, 4) is 17.2 Å². The Kier molecular flexibility index (Phi) is 5.42. The molecule has 36 heavy (non-hydrogen) atoms. The van der Waals surface area contributed by atoms with Gasteiger partial charge in [0.1, 0.15) is 23.7 Å². The number of rotatable bonds is 4. The van der Waals surface area contributed by atoms with Crippen molar-refractivity contribution in [3.63, 3.8) is 0 Å². The highest BCUT2D eigenvalue weighted by atomic mass is 35.5. The summed E-state index contributed by atoms with van der Waals surface area (Å²) in [6, 6.07) is 6.36. The number of likely N-dealkylation sites (tertiary alicyclic amines) is 1. The van der Waals surface area contributed by atoms with Crippen LogP contribution in [0.25, 0.3) is 22.0 Å². The van der Waals surface area contributed by atoms with Gasteiger partial charge in [0.2, 0.25) is 0 Å². The predicted octanol–water partition coefficient (Wildman–Crippen LogP) is 4.68. The molecule has 0 radical (unpaired) electrons. The summed E-state index contributed by atoms with van der Waals surface area (Å²) in [6.07, 6.45) is 6.55. The second-order valence-electron chi connectivity index (χ2n) is 11.5. The van der Waals surface area contributed by atoms with E-state index in [1.54, 1.807) is 12.3 Å². The molecule has 7 nitrogen and oxygen atoms in total. The van der Waals surface area contributed by atoms with Crippen molar-refractivity contribution < 1.29 is 5.11 Å². The third-order valence-electron chi connectivity index (χ3n) is 8.40. The minimum Gasteiger partial charge on any atom is -0.375 e. The highest BCUT2D eigenvalue weighted by Crippen LogP contribution is 2.48. The van der Waals surface area contributed by atoms with E-state index in [0.717, 1.165) is 91.0 Å². The summed E-state index contributed by atoms with van der Waals surface area (Å²) < 4.78 is 0. The molecule has 1 aliphatic carbocycles. The molecule has 1 unspecified atom stereocenters. The lowest BCUT2D eigenvalue weighted by Crippen LogP contribution is -2.60. The predicted molar refractivity (Wildman–Crippen MR) is 142 cm³/mol. The van der Waals surface area contributed by atoms with Crippen LogP contribution >= 0.6 is 11.6 Å². The van der Waals surface area contributed by atoms with E-state index >= 15 is 0 Å². The second kappa shape index (κ2) is 8.31. The summed E-state index contributed by atoms with van der Waals surface area (Å²) in [6.45, 7) is 11.6. The van der Waals surface area contributed by atoms with Gasteiger partial charge in [0.25, 0.3) is 0 Å². The fourth-order valence-electron chi connectivity index (χ4n) is 6.46. The first kappa shape index (κ1) is 23.5. The van der Waals surface area contributed by atoms with Gasteiger partial charge in [-0.3, -0.25) is 10.00 Å². The molecule has 1 spiro atoms. The lowest BCUT2D eigenvalue weighted by atomic mass is 9.74. The fraction of sp³-hybridized carbons (Fsp3) is 0.464. The third-order valence-corrected chi connectivity index (χ3v) is 8.71. The van der Waals surface area contributed by atoms with Crippen LogP contribution in [0, 0.1) is 22.2 Å². The normalized spacial score (nSPS) is 21.2. The van der Waals surface area contributed by atoms with Gasteiger partial charge in [0.05, 0.1) is 11.7 Å². The molecule has 8 heteroatoms. The van der Waals surface area contributed by atoms with Gasteiger partial charge in [-0.1, -0.05) is 32.0 Å². The highest BCUT2D eigenvalue weighted by molar-refractivity contribution is 6.35. The number of aliphatic hydroxyl groups is 1. The molecule has 0 saturated carbocycles. The van der Waals surface area contributed by atoms with Crippen molar-refractivity contribution >= 4 is 28.3 Å². The van der Waals surface area contributed by atoms with Crippen molar-refractivity contribution in [3.05, 3.63) is 52.8 Å². The van der Waals surface area contributed by atoms with E-state index in [4.69, 9.17) is 16.6 Å². The number of nitriles is 1. The monoisotopic (exact) mass is 502 g/mol. The molecular formula is C28H31ClN6O. The number of aliphatic hydroxyl groups excluding tert-OH is 1. The minimum absolute atomic E-state index is 0.107. The van der Waals surface area contributed by atoms with Crippen molar-refractivity contribution in [2.75, 3.05) is 31.1 Å². The van der Waals surface area contributed by atoms with Gasteiger partial charge < -0.3 is 10.0 Å². The second-order valence-corrected chi connectivity index (χ2v) is 12.0. The van der Waals surface area contributed by atoms with E-state index in [0.29, 0.717) is 10.6 Å². The van der Waals surface area contributed by atoms with Gasteiger partial charge in [-0.25, -0.2) is 4.98 Å². The van der Waals surface area contributed by atoms with Crippen LogP contribution in [-0.4, -0.2) is 57.6 Å². The maximum atomic E-state index is 10.6. The fourth-order valence-corrected chi connectivity index (χ4v) is 6.72. The lowest BCUT2D eigenvalue weighted by molar-refractivity contribution is -0.0786. The molecule has 2 aromatic heterocycles. The van der Waals surface area contributed by atoms with Gasteiger partial charge in [0, 0.05) is 58.8 Å². The molecule has 2 N–H and O–H groups in total. The first-order chi connectivity index (χ1) is 17.2. The Labute approximate surface area is 216 Å². The average molecular weight is 503 g/mol. The van der Waals surface area contributed by atoms with E-state index in [9.17, 15) is 10.4 Å². The zero-order valence-corrected chi connectivity index (χ0v) is 21.6. The summed E-state index contributed by atoms with van der Waals surface area (Å²) in [5.41, 5.74) is 5.76. The topological polar surface area (TPSA) is 92.1 Å². The molecule has 0 bridgehead atoms. The Morgan fingerprint density at radius 2 is 2.06 bits per heavy atom. The molecule has 2 fully saturated rings. The molecule has 3 aromatic rings. The molecular weight excluding hydrogens is 472 g/mol. The van der Waals surface area contributed by atoms with Crippen molar-refractivity contribution in [1.29, 1.82) is 5.26 Å². The first-order valence-electron chi connectivity index (χ1n) is 12.6. The molecule has 1 atom stereocenters. The number of pyridine rings is 1. The Balaban J connectivity index is 1.49. The van der Waals surface area contributed by atoms with Crippen LogP contribution in [0.15, 0.2) is 31.0 Å². The van der Waals surface area contributed by atoms with Crippen LogP contribution in [0.4, 0.5) is 5.82 Å². The number of nitrogens with one attached hydrogen (secondary N) is 1. The number of aromatic amines is 1. The Bertz CT molecular complexity index is 1410. The van der Waals surface area contributed by atoms with Crippen LogP contribution in [0.1, 0.15) is 43.5 Å². The van der Waals surface area contributed by atoms with Crippen LogP contribution in [0.3, 0.4) is 0 Å². The zero-order valence-electron chi connectivity index (χ0n) is 20.8. The molecule has 6 rings (SSSR count).